The molecule has 0 saturated carbocycles. The number of para-hydroxylation sites is 1. The summed E-state index contributed by atoms with van der Waals surface area (Å²) in [6, 6.07) is 15.8. The number of carbonyl (C=O) groups excluding carboxylic acids is 3. The lowest BCUT2D eigenvalue weighted by molar-refractivity contribution is -0.138. The maximum atomic E-state index is 14.3. The van der Waals surface area contributed by atoms with Crippen LogP contribution in [0.3, 0.4) is 0 Å². The fraction of sp³-hybridized carbons (Fsp3) is 0.121. The fourth-order valence-electron chi connectivity index (χ4n) is 5.24. The Hall–Kier alpha value is -5.55. The minimum absolute atomic E-state index is 0.0387. The predicted octanol–water partition coefficient (Wildman–Crippen LogP) is 3.68. The second kappa shape index (κ2) is 11.6. The Balaban J connectivity index is 1.50. The van der Waals surface area contributed by atoms with Gasteiger partial charge in [-0.25, -0.2) is 14.6 Å². The molecule has 2 aliphatic heterocycles. The first kappa shape index (κ1) is 28.6. The quantitative estimate of drug-likeness (QED) is 0.170. The molecule has 0 radical (unpaired) electrons. The average Bonchev–Trinajstić information content (AvgIpc) is 3.74. The number of amides is 1. The van der Waals surface area contributed by atoms with Gasteiger partial charge >= 0.3 is 11.9 Å². The smallest absolute Gasteiger partial charge is 0.379 e. The summed E-state index contributed by atoms with van der Waals surface area (Å²) in [5.41, 5.74) is 2.15. The molecule has 4 heterocycles. The van der Waals surface area contributed by atoms with Crippen LogP contribution >= 0.6 is 11.3 Å². The van der Waals surface area contributed by atoms with Crippen LogP contribution in [-0.2, 0) is 14.3 Å². The van der Waals surface area contributed by atoms with Crippen molar-refractivity contribution in [3.8, 4) is 5.75 Å². The molecule has 0 aliphatic carbocycles. The summed E-state index contributed by atoms with van der Waals surface area (Å²) < 4.78 is 17.5. The molecule has 2 aromatic carbocycles. The number of benzene rings is 2. The molecule has 6 rings (SSSR count). The number of hydrogen-bond donors (Lipinski definition) is 0. The van der Waals surface area contributed by atoms with E-state index in [9.17, 15) is 19.2 Å². The average molecular weight is 608 g/mol. The van der Waals surface area contributed by atoms with Crippen LogP contribution in [0.5, 0.6) is 5.75 Å². The highest BCUT2D eigenvalue weighted by molar-refractivity contribution is 7.07. The molecule has 10 nitrogen and oxygen atoms in total. The monoisotopic (exact) mass is 607 g/mol. The van der Waals surface area contributed by atoms with E-state index in [-0.39, 0.29) is 46.2 Å². The van der Waals surface area contributed by atoms with Gasteiger partial charge in [-0.2, -0.15) is 0 Å². The van der Waals surface area contributed by atoms with Crippen molar-refractivity contribution in [1.82, 2.24) is 4.57 Å². The molecular formula is C33H25N3O7S. The molecular weight excluding hydrogens is 582 g/mol. The van der Waals surface area contributed by atoms with Gasteiger partial charge in [0.1, 0.15) is 16.9 Å². The number of ether oxygens (including phenoxy) is 2. The standard InChI is InChI=1S/C33H25N3O7S/c1-4-16-35-23-10-7-6-9-22(23)26(29(35)37)28-30(38)36-27(25(32(40)42-17-5-2)19(3)34-33(36)44-28)20-12-14-21(15-13-20)43-31(39)24-11-8-18-41-24/h4-15,18,27H,1-2,16-17H2,3H3/b28-26+. The number of rotatable bonds is 8. The highest BCUT2D eigenvalue weighted by Crippen LogP contribution is 2.36. The van der Waals surface area contributed by atoms with Crippen molar-refractivity contribution in [2.24, 2.45) is 4.99 Å². The fourth-order valence-corrected chi connectivity index (χ4v) is 6.38. The number of esters is 2. The van der Waals surface area contributed by atoms with E-state index in [1.165, 1.54) is 23.0 Å². The van der Waals surface area contributed by atoms with Crippen LogP contribution in [0.1, 0.15) is 34.6 Å². The first-order valence-corrected chi connectivity index (χ1v) is 14.4. The Morgan fingerprint density at radius 3 is 2.50 bits per heavy atom. The van der Waals surface area contributed by atoms with Crippen LogP contribution in [0.15, 0.2) is 118 Å². The van der Waals surface area contributed by atoms with Gasteiger partial charge in [0.05, 0.1) is 34.8 Å². The molecule has 0 saturated heterocycles. The summed E-state index contributed by atoms with van der Waals surface area (Å²) >= 11 is 1.08. The number of allylic oxidation sites excluding steroid dienone is 1. The molecule has 4 aromatic rings. The van der Waals surface area contributed by atoms with Crippen molar-refractivity contribution in [2.45, 2.75) is 13.0 Å². The number of anilines is 1. The molecule has 2 aliphatic rings. The molecule has 1 atom stereocenters. The Morgan fingerprint density at radius 1 is 1.02 bits per heavy atom. The lowest BCUT2D eigenvalue weighted by Crippen LogP contribution is -2.41. The SMILES string of the molecule is C=CCOC(=O)C1=C(C)N=c2s/c(=C3/C(=O)N(CC=C)c4ccccc43)c(=O)n2C1c1ccc(OC(=O)c2ccco2)cc1. The molecule has 1 unspecified atom stereocenters. The Morgan fingerprint density at radius 2 is 1.80 bits per heavy atom. The summed E-state index contributed by atoms with van der Waals surface area (Å²) in [4.78, 5) is 60.2. The molecule has 44 heavy (non-hydrogen) atoms. The second-order valence-corrected chi connectivity index (χ2v) is 10.8. The lowest BCUT2D eigenvalue weighted by Gasteiger charge is -2.24. The summed E-state index contributed by atoms with van der Waals surface area (Å²) in [7, 11) is 0. The normalized spacial score (nSPS) is 16.6. The maximum Gasteiger partial charge on any atom is 0.379 e. The minimum Gasteiger partial charge on any atom is -0.458 e. The third-order valence-electron chi connectivity index (χ3n) is 7.14. The number of thiazole rings is 1. The van der Waals surface area contributed by atoms with Crippen molar-refractivity contribution in [3.63, 3.8) is 0 Å². The third-order valence-corrected chi connectivity index (χ3v) is 8.19. The van der Waals surface area contributed by atoms with Gasteiger partial charge in [-0.1, -0.05) is 60.4 Å². The van der Waals surface area contributed by atoms with E-state index in [1.807, 2.05) is 18.2 Å². The van der Waals surface area contributed by atoms with Crippen molar-refractivity contribution in [1.29, 1.82) is 0 Å². The zero-order chi connectivity index (χ0) is 31.0. The Labute approximate surface area is 254 Å². The zero-order valence-corrected chi connectivity index (χ0v) is 24.3. The number of furan rings is 1. The van der Waals surface area contributed by atoms with Crippen LogP contribution in [0.2, 0.25) is 0 Å². The van der Waals surface area contributed by atoms with Crippen molar-refractivity contribution < 1.29 is 28.3 Å². The number of fused-ring (bicyclic) bond motifs is 2. The van der Waals surface area contributed by atoms with Crippen LogP contribution in [0.25, 0.3) is 5.57 Å². The minimum atomic E-state index is -0.941. The summed E-state index contributed by atoms with van der Waals surface area (Å²) in [5, 5.41) is 0. The summed E-state index contributed by atoms with van der Waals surface area (Å²) in [6.45, 7) is 9.27. The molecule has 0 spiro atoms. The van der Waals surface area contributed by atoms with Crippen LogP contribution in [-0.4, -0.2) is 35.6 Å². The van der Waals surface area contributed by atoms with Gasteiger partial charge in [-0.15, -0.1) is 6.58 Å². The predicted molar refractivity (Wildman–Crippen MR) is 163 cm³/mol. The maximum absolute atomic E-state index is 14.3. The van der Waals surface area contributed by atoms with E-state index in [4.69, 9.17) is 13.9 Å². The van der Waals surface area contributed by atoms with Gasteiger partial charge in [0.25, 0.3) is 11.5 Å². The van der Waals surface area contributed by atoms with Gasteiger partial charge in [0.15, 0.2) is 4.80 Å². The molecule has 220 valence electrons. The van der Waals surface area contributed by atoms with Crippen LogP contribution in [0, 0.1) is 0 Å². The van der Waals surface area contributed by atoms with E-state index in [0.29, 0.717) is 27.3 Å². The first-order valence-electron chi connectivity index (χ1n) is 13.5. The molecule has 1 amide bonds. The largest absolute Gasteiger partial charge is 0.458 e. The molecule has 0 fully saturated rings. The Kier molecular flexibility index (Phi) is 7.54. The molecule has 0 N–H and O–H groups in total. The van der Waals surface area contributed by atoms with Gasteiger partial charge in [-0.05, 0) is 42.8 Å². The van der Waals surface area contributed by atoms with E-state index in [2.05, 4.69) is 18.2 Å². The van der Waals surface area contributed by atoms with E-state index >= 15 is 0 Å². The second-order valence-electron chi connectivity index (χ2n) is 9.82. The molecule has 2 aromatic heterocycles. The summed E-state index contributed by atoms with van der Waals surface area (Å²) in [6.07, 6.45) is 4.44. The first-order chi connectivity index (χ1) is 21.3. The van der Waals surface area contributed by atoms with Gasteiger partial charge in [0, 0.05) is 12.1 Å². The highest BCUT2D eigenvalue weighted by atomic mass is 32.1. The summed E-state index contributed by atoms with van der Waals surface area (Å²) in [5.74, 6) is -1.38. The van der Waals surface area contributed by atoms with Crippen molar-refractivity contribution in [2.75, 3.05) is 18.1 Å². The lowest BCUT2D eigenvalue weighted by atomic mass is 9.96. The van der Waals surface area contributed by atoms with E-state index < -0.39 is 23.5 Å². The number of carbonyl (C=O) groups is 3. The van der Waals surface area contributed by atoms with Gasteiger partial charge in [0.2, 0.25) is 5.76 Å². The van der Waals surface area contributed by atoms with Crippen molar-refractivity contribution >= 4 is 40.4 Å². The van der Waals surface area contributed by atoms with Gasteiger partial charge < -0.3 is 18.8 Å². The number of hydrogen-bond acceptors (Lipinski definition) is 9. The van der Waals surface area contributed by atoms with E-state index in [0.717, 1.165) is 11.3 Å². The molecule has 0 bridgehead atoms. The number of nitrogens with zero attached hydrogens (tertiary/aromatic N) is 3. The molecule has 11 heteroatoms. The highest BCUT2D eigenvalue weighted by Gasteiger charge is 2.37. The van der Waals surface area contributed by atoms with E-state index in [1.54, 1.807) is 54.3 Å². The number of aromatic nitrogens is 1. The Bertz CT molecular complexity index is 2050. The van der Waals surface area contributed by atoms with Crippen LogP contribution in [0.4, 0.5) is 5.69 Å². The zero-order valence-electron chi connectivity index (χ0n) is 23.5. The van der Waals surface area contributed by atoms with Gasteiger partial charge in [-0.3, -0.25) is 14.2 Å². The van der Waals surface area contributed by atoms with Crippen molar-refractivity contribution in [3.05, 3.63) is 140 Å². The third kappa shape index (κ3) is 4.82. The van der Waals surface area contributed by atoms with Crippen LogP contribution < -0.4 is 24.5 Å². The topological polar surface area (TPSA) is 120 Å².